The van der Waals surface area contributed by atoms with Crippen LogP contribution in [0.3, 0.4) is 0 Å². The minimum Gasteiger partial charge on any atom is -0.348 e. The van der Waals surface area contributed by atoms with Gasteiger partial charge in [-0.25, -0.2) is 0 Å². The van der Waals surface area contributed by atoms with E-state index in [2.05, 4.69) is 5.32 Å². The molecule has 1 aromatic rings. The van der Waals surface area contributed by atoms with Crippen molar-refractivity contribution >= 4 is 5.91 Å². The third-order valence-corrected chi connectivity index (χ3v) is 3.11. The Morgan fingerprint density at radius 2 is 1.82 bits per heavy atom. The number of carbonyl (C=O) groups excluding carboxylic acids is 1. The van der Waals surface area contributed by atoms with Crippen LogP contribution in [0.5, 0.6) is 0 Å². The number of rotatable bonds is 6. The summed E-state index contributed by atoms with van der Waals surface area (Å²) in [5.41, 5.74) is 6.79. The molecule has 0 saturated carbocycles. The van der Waals surface area contributed by atoms with E-state index in [0.29, 0.717) is 6.54 Å². The van der Waals surface area contributed by atoms with E-state index in [4.69, 9.17) is 5.73 Å². The molecule has 0 saturated heterocycles. The molecule has 0 aliphatic rings. The lowest BCUT2D eigenvalue weighted by molar-refractivity contribution is -0.125. The SMILES string of the molecule is CCC(CC)C(=O)NC(CN)c1ccccc1. The highest BCUT2D eigenvalue weighted by atomic mass is 16.1. The van der Waals surface area contributed by atoms with Crippen molar-refractivity contribution in [3.05, 3.63) is 35.9 Å². The van der Waals surface area contributed by atoms with Crippen molar-refractivity contribution in [2.45, 2.75) is 32.7 Å². The van der Waals surface area contributed by atoms with Gasteiger partial charge in [0, 0.05) is 12.5 Å². The van der Waals surface area contributed by atoms with Gasteiger partial charge in [-0.1, -0.05) is 44.2 Å². The number of benzene rings is 1. The molecule has 0 radical (unpaired) electrons. The summed E-state index contributed by atoms with van der Waals surface area (Å²) in [5, 5.41) is 3.02. The third-order valence-electron chi connectivity index (χ3n) is 3.11. The fourth-order valence-electron chi connectivity index (χ4n) is 1.91. The maximum Gasteiger partial charge on any atom is 0.223 e. The zero-order valence-electron chi connectivity index (χ0n) is 10.6. The number of hydrogen-bond acceptors (Lipinski definition) is 2. The second-order valence-corrected chi connectivity index (χ2v) is 4.22. The molecule has 0 spiro atoms. The zero-order valence-corrected chi connectivity index (χ0v) is 10.6. The fraction of sp³-hybridized carbons (Fsp3) is 0.500. The van der Waals surface area contributed by atoms with E-state index < -0.39 is 0 Å². The first-order valence-corrected chi connectivity index (χ1v) is 6.28. The predicted octanol–water partition coefficient (Wildman–Crippen LogP) is 2.24. The Labute approximate surface area is 103 Å². The standard InChI is InChI=1S/C14H22N2O/c1-3-11(4-2)14(17)16-13(10-15)12-8-6-5-7-9-12/h5-9,11,13H,3-4,10,15H2,1-2H3,(H,16,17). The van der Waals surface area contributed by atoms with Crippen molar-refractivity contribution in [1.82, 2.24) is 5.32 Å². The monoisotopic (exact) mass is 234 g/mol. The van der Waals surface area contributed by atoms with Crippen LogP contribution < -0.4 is 11.1 Å². The van der Waals surface area contributed by atoms with Crippen LogP contribution in [0.2, 0.25) is 0 Å². The minimum atomic E-state index is -0.0794. The quantitative estimate of drug-likeness (QED) is 0.793. The number of hydrogen-bond donors (Lipinski definition) is 2. The molecule has 0 aliphatic heterocycles. The lowest BCUT2D eigenvalue weighted by Crippen LogP contribution is -2.37. The Balaban J connectivity index is 2.68. The van der Waals surface area contributed by atoms with E-state index in [0.717, 1.165) is 18.4 Å². The summed E-state index contributed by atoms with van der Waals surface area (Å²) >= 11 is 0. The van der Waals surface area contributed by atoms with E-state index in [-0.39, 0.29) is 17.9 Å². The van der Waals surface area contributed by atoms with Gasteiger partial charge in [-0.3, -0.25) is 4.79 Å². The van der Waals surface area contributed by atoms with Crippen LogP contribution >= 0.6 is 0 Å². The molecule has 3 heteroatoms. The highest BCUT2D eigenvalue weighted by molar-refractivity contribution is 5.79. The summed E-state index contributed by atoms with van der Waals surface area (Å²) in [6.07, 6.45) is 1.74. The van der Waals surface area contributed by atoms with E-state index in [9.17, 15) is 4.79 Å². The molecule has 1 atom stereocenters. The Kier molecular flexibility index (Phi) is 5.70. The molecule has 0 aliphatic carbocycles. The third kappa shape index (κ3) is 3.86. The predicted molar refractivity (Wildman–Crippen MR) is 70.5 cm³/mol. The summed E-state index contributed by atoms with van der Waals surface area (Å²) < 4.78 is 0. The van der Waals surface area contributed by atoms with Crippen LogP contribution in [0, 0.1) is 5.92 Å². The molecule has 0 aromatic heterocycles. The van der Waals surface area contributed by atoms with E-state index >= 15 is 0 Å². The molecule has 0 bridgehead atoms. The molecule has 17 heavy (non-hydrogen) atoms. The number of nitrogens with two attached hydrogens (primary N) is 1. The average molecular weight is 234 g/mol. The highest BCUT2D eigenvalue weighted by Crippen LogP contribution is 2.14. The Morgan fingerprint density at radius 1 is 1.24 bits per heavy atom. The van der Waals surface area contributed by atoms with Crippen LogP contribution in [0.1, 0.15) is 38.3 Å². The Morgan fingerprint density at radius 3 is 2.29 bits per heavy atom. The second kappa shape index (κ2) is 7.07. The smallest absolute Gasteiger partial charge is 0.223 e. The average Bonchev–Trinajstić information content (AvgIpc) is 2.38. The highest BCUT2D eigenvalue weighted by Gasteiger charge is 2.18. The summed E-state index contributed by atoms with van der Waals surface area (Å²) in [6, 6.07) is 9.78. The largest absolute Gasteiger partial charge is 0.348 e. The zero-order chi connectivity index (χ0) is 12.7. The molecule has 0 fully saturated rings. The van der Waals surface area contributed by atoms with Gasteiger partial charge in [0.2, 0.25) is 5.91 Å². The van der Waals surface area contributed by atoms with Crippen molar-refractivity contribution in [2.75, 3.05) is 6.54 Å². The minimum absolute atomic E-state index is 0.0794. The van der Waals surface area contributed by atoms with Crippen molar-refractivity contribution in [2.24, 2.45) is 11.7 Å². The molecule has 3 nitrogen and oxygen atoms in total. The second-order valence-electron chi connectivity index (χ2n) is 4.22. The number of nitrogens with one attached hydrogen (secondary N) is 1. The molecular formula is C14H22N2O. The molecule has 1 unspecified atom stereocenters. The first kappa shape index (κ1) is 13.7. The maximum atomic E-state index is 12.0. The Hall–Kier alpha value is -1.35. The van der Waals surface area contributed by atoms with Crippen molar-refractivity contribution in [3.63, 3.8) is 0 Å². The molecular weight excluding hydrogens is 212 g/mol. The summed E-state index contributed by atoms with van der Waals surface area (Å²) in [4.78, 5) is 12.0. The van der Waals surface area contributed by atoms with Gasteiger partial charge in [0.25, 0.3) is 0 Å². The first-order valence-electron chi connectivity index (χ1n) is 6.28. The van der Waals surface area contributed by atoms with Crippen LogP contribution in [0.25, 0.3) is 0 Å². The van der Waals surface area contributed by atoms with Gasteiger partial charge in [0.15, 0.2) is 0 Å². The van der Waals surface area contributed by atoms with E-state index in [1.54, 1.807) is 0 Å². The lowest BCUT2D eigenvalue weighted by Gasteiger charge is -2.20. The lowest BCUT2D eigenvalue weighted by atomic mass is 10.0. The molecule has 3 N–H and O–H groups in total. The van der Waals surface area contributed by atoms with E-state index in [1.165, 1.54) is 0 Å². The topological polar surface area (TPSA) is 55.1 Å². The summed E-state index contributed by atoms with van der Waals surface area (Å²) in [7, 11) is 0. The summed E-state index contributed by atoms with van der Waals surface area (Å²) in [6.45, 7) is 4.50. The van der Waals surface area contributed by atoms with Gasteiger partial charge in [-0.2, -0.15) is 0 Å². The van der Waals surface area contributed by atoms with Crippen molar-refractivity contribution in [1.29, 1.82) is 0 Å². The maximum absolute atomic E-state index is 12.0. The van der Waals surface area contributed by atoms with Gasteiger partial charge in [0.1, 0.15) is 0 Å². The van der Waals surface area contributed by atoms with Crippen LogP contribution in [0.4, 0.5) is 0 Å². The molecule has 1 aromatic carbocycles. The molecule has 94 valence electrons. The van der Waals surface area contributed by atoms with Crippen molar-refractivity contribution < 1.29 is 4.79 Å². The summed E-state index contributed by atoms with van der Waals surface area (Å²) in [5.74, 6) is 0.196. The van der Waals surface area contributed by atoms with Crippen LogP contribution in [-0.2, 0) is 4.79 Å². The molecule has 1 amide bonds. The van der Waals surface area contributed by atoms with Crippen LogP contribution in [-0.4, -0.2) is 12.5 Å². The van der Waals surface area contributed by atoms with E-state index in [1.807, 2.05) is 44.2 Å². The van der Waals surface area contributed by atoms with Gasteiger partial charge in [-0.05, 0) is 18.4 Å². The van der Waals surface area contributed by atoms with Gasteiger partial charge in [-0.15, -0.1) is 0 Å². The van der Waals surface area contributed by atoms with Gasteiger partial charge in [0.05, 0.1) is 6.04 Å². The fourth-order valence-corrected chi connectivity index (χ4v) is 1.91. The molecule has 0 heterocycles. The number of amides is 1. The van der Waals surface area contributed by atoms with Crippen LogP contribution in [0.15, 0.2) is 30.3 Å². The number of carbonyl (C=O) groups is 1. The van der Waals surface area contributed by atoms with Gasteiger partial charge >= 0.3 is 0 Å². The van der Waals surface area contributed by atoms with Gasteiger partial charge < -0.3 is 11.1 Å². The van der Waals surface area contributed by atoms with Crippen molar-refractivity contribution in [3.8, 4) is 0 Å². The molecule has 1 rings (SSSR count). The Bertz CT molecular complexity index is 333. The normalized spacial score (nSPS) is 12.5. The first-order chi connectivity index (χ1) is 8.22.